The molecule has 5 rings (SSSR count). The normalized spacial score (nSPS) is 39.1. The zero-order valence-electron chi connectivity index (χ0n) is 8.85. The molecule has 15 heavy (non-hydrogen) atoms. The molecule has 0 nitrogen and oxygen atoms in total. The van der Waals surface area contributed by atoms with Crippen molar-refractivity contribution in [2.45, 2.75) is 18.8 Å². The van der Waals surface area contributed by atoms with Crippen LogP contribution in [0.15, 0.2) is 48.1 Å². The Hall–Kier alpha value is -1.30. The van der Waals surface area contributed by atoms with Gasteiger partial charge in [0.05, 0.1) is 0 Å². The van der Waals surface area contributed by atoms with Crippen LogP contribution in [0.4, 0.5) is 0 Å². The van der Waals surface area contributed by atoms with E-state index in [1.165, 1.54) is 0 Å². The van der Waals surface area contributed by atoms with Crippen LogP contribution in [0.25, 0.3) is 0 Å². The summed E-state index contributed by atoms with van der Waals surface area (Å²) in [6, 6.07) is 8.99. The third kappa shape index (κ3) is 0.797. The molecule has 0 heteroatoms. The first-order chi connectivity index (χ1) is 7.36. The fourth-order valence-electron chi connectivity index (χ4n) is 3.77. The van der Waals surface area contributed by atoms with Crippen LogP contribution >= 0.6 is 0 Å². The molecular formula is C15H14. The van der Waals surface area contributed by atoms with Crippen molar-refractivity contribution in [2.75, 3.05) is 0 Å². The maximum absolute atomic E-state index is 2.47. The van der Waals surface area contributed by atoms with Gasteiger partial charge >= 0.3 is 0 Å². The van der Waals surface area contributed by atoms with Gasteiger partial charge in [-0.25, -0.2) is 0 Å². The summed E-state index contributed by atoms with van der Waals surface area (Å²) in [5.41, 5.74) is 4.77. The molecule has 1 aromatic rings. The molecule has 0 unspecified atom stereocenters. The van der Waals surface area contributed by atoms with Crippen LogP contribution in [0.1, 0.15) is 29.9 Å². The number of hydrogen-bond donors (Lipinski definition) is 0. The van der Waals surface area contributed by atoms with E-state index in [1.807, 2.05) is 0 Å². The van der Waals surface area contributed by atoms with Gasteiger partial charge in [0.25, 0.3) is 0 Å². The van der Waals surface area contributed by atoms with Gasteiger partial charge in [0.2, 0.25) is 0 Å². The molecule has 0 radical (unpaired) electrons. The van der Waals surface area contributed by atoms with Gasteiger partial charge in [-0.1, -0.05) is 48.1 Å². The van der Waals surface area contributed by atoms with Crippen molar-refractivity contribution in [3.05, 3.63) is 59.2 Å². The molecule has 2 bridgehead atoms. The average Bonchev–Trinajstić information content (AvgIpc) is 2.27. The Morgan fingerprint density at radius 1 is 0.933 bits per heavy atom. The molecule has 0 spiro atoms. The molecule has 0 heterocycles. The van der Waals surface area contributed by atoms with E-state index in [4.69, 9.17) is 0 Å². The maximum Gasteiger partial charge on any atom is 0.00925 e. The number of benzene rings is 1. The van der Waals surface area contributed by atoms with Crippen molar-refractivity contribution in [1.82, 2.24) is 0 Å². The average molecular weight is 194 g/mol. The highest BCUT2D eigenvalue weighted by Crippen LogP contribution is 2.59. The smallest absolute Gasteiger partial charge is 0.00925 e. The van der Waals surface area contributed by atoms with Crippen LogP contribution in [0, 0.1) is 11.8 Å². The van der Waals surface area contributed by atoms with Crippen molar-refractivity contribution >= 4 is 0 Å². The minimum absolute atomic E-state index is 0.667. The Balaban J connectivity index is 1.96. The lowest BCUT2D eigenvalue weighted by atomic mass is 9.53. The van der Waals surface area contributed by atoms with Crippen molar-refractivity contribution in [3.8, 4) is 0 Å². The first-order valence-electron chi connectivity index (χ1n) is 5.82. The second-order valence-corrected chi connectivity index (χ2v) is 5.08. The van der Waals surface area contributed by atoms with Crippen molar-refractivity contribution in [1.29, 1.82) is 0 Å². The zero-order chi connectivity index (χ0) is 9.99. The van der Waals surface area contributed by atoms with E-state index in [0.29, 0.717) is 11.8 Å². The summed E-state index contributed by atoms with van der Waals surface area (Å²) in [5, 5.41) is 0. The highest BCUT2D eigenvalue weighted by Gasteiger charge is 2.47. The van der Waals surface area contributed by atoms with E-state index in [2.05, 4.69) is 49.4 Å². The van der Waals surface area contributed by atoms with Crippen LogP contribution < -0.4 is 0 Å². The second-order valence-electron chi connectivity index (χ2n) is 5.08. The quantitative estimate of drug-likeness (QED) is 0.553. The molecule has 0 aromatic heterocycles. The minimum Gasteiger partial charge on any atom is -0.0806 e. The van der Waals surface area contributed by atoms with E-state index in [-0.39, 0.29) is 0 Å². The summed E-state index contributed by atoms with van der Waals surface area (Å²) in [6.07, 6.45) is 7.34. The third-order valence-electron chi connectivity index (χ3n) is 4.44. The first-order valence-corrected chi connectivity index (χ1v) is 5.82. The standard InChI is InChI=1S/C15H14/c1-9-8-14-12-6-7-13(15(9)14)11-5-3-2-4-10(11)12/h2-8,12-15H,1H3/t12-,13-,14-,15+/m1/s1. The van der Waals surface area contributed by atoms with Crippen LogP contribution in [-0.4, -0.2) is 0 Å². The predicted octanol–water partition coefficient (Wildman–Crippen LogP) is 3.63. The van der Waals surface area contributed by atoms with E-state index in [1.54, 1.807) is 16.7 Å². The van der Waals surface area contributed by atoms with Crippen molar-refractivity contribution in [2.24, 2.45) is 11.8 Å². The summed E-state index contributed by atoms with van der Waals surface area (Å²) in [4.78, 5) is 0. The van der Waals surface area contributed by atoms with Crippen LogP contribution in [0.3, 0.4) is 0 Å². The monoisotopic (exact) mass is 194 g/mol. The van der Waals surface area contributed by atoms with Crippen LogP contribution in [0.5, 0.6) is 0 Å². The Morgan fingerprint density at radius 3 is 2.33 bits per heavy atom. The second kappa shape index (κ2) is 2.44. The van der Waals surface area contributed by atoms with Gasteiger partial charge in [0.15, 0.2) is 0 Å². The largest absolute Gasteiger partial charge is 0.0806 e. The molecule has 0 fully saturated rings. The van der Waals surface area contributed by atoms with Crippen LogP contribution in [0.2, 0.25) is 0 Å². The summed E-state index contributed by atoms with van der Waals surface area (Å²) in [5.74, 6) is 2.95. The lowest BCUT2D eigenvalue weighted by Gasteiger charge is -2.51. The van der Waals surface area contributed by atoms with Crippen molar-refractivity contribution in [3.63, 3.8) is 0 Å². The summed E-state index contributed by atoms with van der Waals surface area (Å²) in [7, 11) is 0. The van der Waals surface area contributed by atoms with E-state index in [9.17, 15) is 0 Å². The topological polar surface area (TPSA) is 0 Å². The Bertz CT molecular complexity index is 493. The fraction of sp³-hybridized carbons (Fsp3) is 0.333. The zero-order valence-corrected chi connectivity index (χ0v) is 8.85. The highest BCUT2D eigenvalue weighted by atomic mass is 14.5. The maximum atomic E-state index is 2.47. The highest BCUT2D eigenvalue weighted by molar-refractivity contribution is 5.51. The van der Waals surface area contributed by atoms with Gasteiger partial charge in [-0.2, -0.15) is 0 Å². The van der Waals surface area contributed by atoms with E-state index >= 15 is 0 Å². The van der Waals surface area contributed by atoms with Gasteiger partial charge in [-0.05, 0) is 29.9 Å². The summed E-state index contributed by atoms with van der Waals surface area (Å²) in [6.45, 7) is 2.29. The SMILES string of the molecule is CC1=C[C@H]2[C@@H]1[C@@H]1C=C[C@@H]2c2ccccc21. The van der Waals surface area contributed by atoms with Gasteiger partial charge in [0.1, 0.15) is 0 Å². The van der Waals surface area contributed by atoms with Gasteiger partial charge in [0, 0.05) is 11.8 Å². The third-order valence-corrected chi connectivity index (χ3v) is 4.44. The number of hydrogen-bond acceptors (Lipinski definition) is 0. The Kier molecular flexibility index (Phi) is 1.29. The molecule has 0 saturated carbocycles. The summed E-state index contributed by atoms with van der Waals surface area (Å²) < 4.78 is 0. The number of rotatable bonds is 0. The molecule has 4 atom stereocenters. The number of allylic oxidation sites excluding steroid dienone is 4. The lowest BCUT2D eigenvalue weighted by Crippen LogP contribution is -2.40. The Morgan fingerprint density at radius 2 is 1.60 bits per heavy atom. The molecule has 0 saturated heterocycles. The first kappa shape index (κ1) is 7.92. The van der Waals surface area contributed by atoms with Crippen LogP contribution in [-0.2, 0) is 0 Å². The van der Waals surface area contributed by atoms with Crippen molar-refractivity contribution < 1.29 is 0 Å². The van der Waals surface area contributed by atoms with E-state index < -0.39 is 0 Å². The molecular weight excluding hydrogens is 180 g/mol. The van der Waals surface area contributed by atoms with Gasteiger partial charge in [-0.3, -0.25) is 0 Å². The fourth-order valence-corrected chi connectivity index (χ4v) is 3.77. The molecule has 0 aliphatic heterocycles. The lowest BCUT2D eigenvalue weighted by molar-refractivity contribution is 0.294. The molecule has 0 amide bonds. The molecule has 4 aliphatic carbocycles. The van der Waals surface area contributed by atoms with Gasteiger partial charge in [-0.15, -0.1) is 0 Å². The predicted molar refractivity (Wildman–Crippen MR) is 61.8 cm³/mol. The molecule has 0 N–H and O–H groups in total. The Labute approximate surface area is 90.3 Å². The molecule has 4 aliphatic rings. The van der Waals surface area contributed by atoms with E-state index in [0.717, 1.165) is 11.8 Å². The van der Waals surface area contributed by atoms with Gasteiger partial charge < -0.3 is 0 Å². The summed E-state index contributed by atoms with van der Waals surface area (Å²) >= 11 is 0. The molecule has 74 valence electrons. The minimum atomic E-state index is 0.667. The molecule has 1 aromatic carbocycles.